The molecule has 126 valence electrons. The third kappa shape index (κ3) is 3.50. The number of benzene rings is 1. The van der Waals surface area contributed by atoms with Gasteiger partial charge in [-0.05, 0) is 12.1 Å². The van der Waals surface area contributed by atoms with E-state index in [1.165, 1.54) is 0 Å². The lowest BCUT2D eigenvalue weighted by Crippen LogP contribution is -2.07. The van der Waals surface area contributed by atoms with Crippen molar-refractivity contribution in [1.82, 2.24) is 9.78 Å². The maximum absolute atomic E-state index is 13.9. The quantitative estimate of drug-likeness (QED) is 0.690. The summed E-state index contributed by atoms with van der Waals surface area (Å²) < 4.78 is 81.9. The van der Waals surface area contributed by atoms with Gasteiger partial charge in [-0.3, -0.25) is 0 Å². The lowest BCUT2D eigenvalue weighted by atomic mass is 10.1. The van der Waals surface area contributed by atoms with Crippen LogP contribution in [0.5, 0.6) is 5.88 Å². The van der Waals surface area contributed by atoms with E-state index in [1.54, 1.807) is 0 Å². The molecule has 0 aliphatic heterocycles. The van der Waals surface area contributed by atoms with E-state index in [0.29, 0.717) is 12.1 Å². The summed E-state index contributed by atoms with van der Waals surface area (Å²) in [5.41, 5.74) is -2.44. The van der Waals surface area contributed by atoms with Gasteiger partial charge in [0.05, 0.1) is 10.6 Å². The molecule has 0 bridgehead atoms. The molecule has 23 heavy (non-hydrogen) atoms. The van der Waals surface area contributed by atoms with Gasteiger partial charge in [-0.25, -0.2) is 9.07 Å². The normalized spacial score (nSPS) is 12.1. The zero-order chi connectivity index (χ0) is 17.5. The largest absolute Gasteiger partial charge is 0.417 e. The molecule has 0 aliphatic carbocycles. The van der Waals surface area contributed by atoms with Gasteiger partial charge in [-0.1, -0.05) is 23.2 Å². The van der Waals surface area contributed by atoms with Gasteiger partial charge in [0.1, 0.15) is 16.5 Å². The number of alkyl halides is 5. The summed E-state index contributed by atoms with van der Waals surface area (Å²) in [5, 5.41) is 2.22. The van der Waals surface area contributed by atoms with Crippen molar-refractivity contribution in [1.29, 1.82) is 0 Å². The third-order valence-electron chi connectivity index (χ3n) is 2.76. The van der Waals surface area contributed by atoms with Crippen molar-refractivity contribution in [2.24, 2.45) is 7.05 Å². The number of aryl methyl sites for hydroxylation is 1. The number of aromatic nitrogens is 2. The minimum atomic E-state index is -4.84. The fourth-order valence-electron chi connectivity index (χ4n) is 1.81. The van der Waals surface area contributed by atoms with Crippen LogP contribution in [0.4, 0.5) is 26.3 Å². The minimum absolute atomic E-state index is 0.401. The molecule has 11 heteroatoms. The van der Waals surface area contributed by atoms with Crippen LogP contribution in [-0.2, 0) is 13.2 Å². The zero-order valence-corrected chi connectivity index (χ0v) is 12.6. The number of halogens is 8. The van der Waals surface area contributed by atoms with E-state index >= 15 is 0 Å². The third-order valence-corrected chi connectivity index (χ3v) is 3.41. The molecule has 0 atom stereocenters. The van der Waals surface area contributed by atoms with Gasteiger partial charge >= 0.3 is 12.8 Å². The molecule has 2 rings (SSSR count). The van der Waals surface area contributed by atoms with E-state index in [4.69, 9.17) is 23.2 Å². The van der Waals surface area contributed by atoms with Gasteiger partial charge < -0.3 is 4.74 Å². The summed E-state index contributed by atoms with van der Waals surface area (Å²) in [5.74, 6) is -1.76. The van der Waals surface area contributed by atoms with E-state index in [0.717, 1.165) is 11.7 Å². The fourth-order valence-corrected chi connectivity index (χ4v) is 2.38. The predicted molar refractivity (Wildman–Crippen MR) is 70.3 cm³/mol. The number of ether oxygens (including phenoxy) is 1. The molecule has 0 aliphatic rings. The Hall–Kier alpha value is -1.61. The standard InChI is InChI=1S/C12H6Cl2F6N2O/c1-22-10(23-11(16)17)8(14)9(21-22)4-2-5(12(18,19)20)6(13)3-7(4)15/h2-3,11H,1H3. The maximum atomic E-state index is 13.9. The van der Waals surface area contributed by atoms with E-state index in [-0.39, 0.29) is 0 Å². The minimum Gasteiger partial charge on any atom is -0.416 e. The number of hydrogen-bond acceptors (Lipinski definition) is 2. The molecule has 0 N–H and O–H groups in total. The van der Waals surface area contributed by atoms with E-state index in [2.05, 4.69) is 9.84 Å². The highest BCUT2D eigenvalue weighted by Gasteiger charge is 2.35. The van der Waals surface area contributed by atoms with Crippen LogP contribution in [0.15, 0.2) is 12.1 Å². The van der Waals surface area contributed by atoms with Crippen molar-refractivity contribution < 1.29 is 31.1 Å². The van der Waals surface area contributed by atoms with E-state index in [9.17, 15) is 26.3 Å². The predicted octanol–water partition coefficient (Wildman–Crippen LogP) is 5.15. The zero-order valence-electron chi connectivity index (χ0n) is 11.1. The summed E-state index contributed by atoms with van der Waals surface area (Å²) in [6, 6.07) is 0.844. The molecule has 0 fully saturated rings. The van der Waals surface area contributed by atoms with Gasteiger partial charge in [-0.2, -0.15) is 27.1 Å². The van der Waals surface area contributed by atoms with Gasteiger partial charge in [0.25, 0.3) is 0 Å². The van der Waals surface area contributed by atoms with Crippen molar-refractivity contribution >= 4 is 23.2 Å². The van der Waals surface area contributed by atoms with Crippen LogP contribution < -0.4 is 4.74 Å². The first kappa shape index (κ1) is 17.7. The van der Waals surface area contributed by atoms with Crippen LogP contribution in [0, 0.1) is 5.82 Å². The smallest absolute Gasteiger partial charge is 0.416 e. The molecular formula is C12H6Cl2F6N2O. The molecule has 2 aromatic rings. The SMILES string of the molecule is Cn1nc(-c2cc(C(F)(F)F)c(Cl)cc2F)c(Cl)c1OC(F)F. The van der Waals surface area contributed by atoms with Gasteiger partial charge in [0.2, 0.25) is 5.88 Å². The second-order valence-electron chi connectivity index (χ2n) is 4.28. The molecule has 0 saturated carbocycles. The Morgan fingerprint density at radius 3 is 2.35 bits per heavy atom. The summed E-state index contributed by atoms with van der Waals surface area (Å²) >= 11 is 11.1. The molecule has 1 aromatic heterocycles. The van der Waals surface area contributed by atoms with Crippen molar-refractivity contribution in [3.8, 4) is 17.1 Å². The van der Waals surface area contributed by atoms with E-state index < -0.39 is 51.4 Å². The van der Waals surface area contributed by atoms with Crippen molar-refractivity contribution in [2.45, 2.75) is 12.8 Å². The fraction of sp³-hybridized carbons (Fsp3) is 0.250. The highest BCUT2D eigenvalue weighted by Crippen LogP contribution is 2.41. The van der Waals surface area contributed by atoms with Crippen LogP contribution in [0.1, 0.15) is 5.56 Å². The van der Waals surface area contributed by atoms with Crippen LogP contribution in [0.25, 0.3) is 11.3 Å². The van der Waals surface area contributed by atoms with Crippen LogP contribution in [0.2, 0.25) is 10.0 Å². The van der Waals surface area contributed by atoms with Gasteiger partial charge in [-0.15, -0.1) is 0 Å². The maximum Gasteiger partial charge on any atom is 0.417 e. The molecule has 3 nitrogen and oxygen atoms in total. The Morgan fingerprint density at radius 2 is 1.83 bits per heavy atom. The summed E-state index contributed by atoms with van der Waals surface area (Å²) in [7, 11) is 1.16. The molecule has 1 heterocycles. The Kier molecular flexibility index (Phi) is 4.72. The summed E-state index contributed by atoms with van der Waals surface area (Å²) in [4.78, 5) is 0. The topological polar surface area (TPSA) is 27.1 Å². The second-order valence-corrected chi connectivity index (χ2v) is 5.06. The molecule has 1 aromatic carbocycles. The number of hydrogen-bond donors (Lipinski definition) is 0. The number of nitrogens with zero attached hydrogens (tertiary/aromatic N) is 2. The summed E-state index contributed by atoms with van der Waals surface area (Å²) in [6.07, 6.45) is -4.84. The Morgan fingerprint density at radius 1 is 1.22 bits per heavy atom. The highest BCUT2D eigenvalue weighted by molar-refractivity contribution is 6.34. The van der Waals surface area contributed by atoms with E-state index in [1.807, 2.05) is 0 Å². The lowest BCUT2D eigenvalue weighted by Gasteiger charge is -2.11. The monoisotopic (exact) mass is 378 g/mol. The van der Waals surface area contributed by atoms with Crippen LogP contribution in [0.3, 0.4) is 0 Å². The summed E-state index contributed by atoms with van der Waals surface area (Å²) in [6.45, 7) is -3.24. The average Bonchev–Trinajstić information content (AvgIpc) is 2.65. The Balaban J connectivity index is 2.63. The van der Waals surface area contributed by atoms with Crippen molar-refractivity contribution in [3.05, 3.63) is 33.6 Å². The highest BCUT2D eigenvalue weighted by atomic mass is 35.5. The molecule has 0 amide bonds. The Labute approximate surface area is 135 Å². The first-order valence-electron chi connectivity index (χ1n) is 5.76. The first-order chi connectivity index (χ1) is 10.5. The van der Waals surface area contributed by atoms with Crippen molar-refractivity contribution in [3.63, 3.8) is 0 Å². The van der Waals surface area contributed by atoms with Crippen LogP contribution in [-0.4, -0.2) is 16.4 Å². The molecule has 0 saturated heterocycles. The average molecular weight is 379 g/mol. The Bertz CT molecular complexity index is 744. The second kappa shape index (κ2) is 6.12. The molecular weight excluding hydrogens is 373 g/mol. The van der Waals surface area contributed by atoms with Crippen molar-refractivity contribution in [2.75, 3.05) is 0 Å². The van der Waals surface area contributed by atoms with Gasteiger partial charge in [0, 0.05) is 12.6 Å². The lowest BCUT2D eigenvalue weighted by molar-refractivity contribution is -0.137. The van der Waals surface area contributed by atoms with Crippen LogP contribution >= 0.6 is 23.2 Å². The molecule has 0 unspecified atom stereocenters. The number of rotatable bonds is 3. The molecule has 0 spiro atoms. The first-order valence-corrected chi connectivity index (χ1v) is 6.52. The van der Waals surface area contributed by atoms with Gasteiger partial charge in [0.15, 0.2) is 0 Å². The molecule has 0 radical (unpaired) electrons.